The third kappa shape index (κ3) is 3.20. The van der Waals surface area contributed by atoms with Crippen LogP contribution in [0.2, 0.25) is 0 Å². The van der Waals surface area contributed by atoms with Gasteiger partial charge in [0.25, 0.3) is 0 Å². The van der Waals surface area contributed by atoms with Crippen molar-refractivity contribution in [3.05, 3.63) is 41.4 Å². The highest BCUT2D eigenvalue weighted by Gasteiger charge is 2.15. The number of hydrogen-bond donors (Lipinski definition) is 2. The molecule has 8 nitrogen and oxygen atoms in total. The maximum atomic E-state index is 11.5. The summed E-state index contributed by atoms with van der Waals surface area (Å²) in [6.45, 7) is 3.75. The Morgan fingerprint density at radius 2 is 2.04 bits per heavy atom. The Morgan fingerprint density at radius 1 is 1.22 bits per heavy atom. The molecule has 0 aliphatic carbocycles. The van der Waals surface area contributed by atoms with E-state index >= 15 is 0 Å². The predicted octanol–water partition coefficient (Wildman–Crippen LogP) is 2.61. The van der Waals surface area contributed by atoms with Gasteiger partial charge in [-0.05, 0) is 26.0 Å². The maximum absolute atomic E-state index is 11.5. The molecule has 23 heavy (non-hydrogen) atoms. The number of rotatable bonds is 4. The van der Waals surface area contributed by atoms with Crippen LogP contribution in [0.5, 0.6) is 0 Å². The van der Waals surface area contributed by atoms with E-state index in [1.807, 2.05) is 19.9 Å². The molecule has 3 aromatic heterocycles. The van der Waals surface area contributed by atoms with E-state index in [0.717, 1.165) is 11.4 Å². The van der Waals surface area contributed by atoms with Crippen LogP contribution in [0.1, 0.15) is 21.9 Å². The van der Waals surface area contributed by atoms with Crippen molar-refractivity contribution in [3.8, 4) is 11.6 Å². The van der Waals surface area contributed by atoms with Gasteiger partial charge in [0.2, 0.25) is 5.76 Å². The van der Waals surface area contributed by atoms with E-state index in [4.69, 9.17) is 4.42 Å². The molecule has 0 bridgehead atoms. The molecule has 0 aliphatic heterocycles. The van der Waals surface area contributed by atoms with Gasteiger partial charge in [-0.25, -0.2) is 14.8 Å². The number of aryl methyl sites for hydroxylation is 2. The number of aromatic amines is 1. The SMILES string of the molecule is COC(=O)c1ccc(-c2nc(C)cc(Nc3cc(C)[nH]n3)n2)o1. The molecular weight excluding hydrogens is 298 g/mol. The number of nitrogens with zero attached hydrogens (tertiary/aromatic N) is 3. The third-order valence-electron chi connectivity index (χ3n) is 3.03. The van der Waals surface area contributed by atoms with Gasteiger partial charge in [0.1, 0.15) is 5.82 Å². The number of furan rings is 1. The van der Waals surface area contributed by atoms with Crippen molar-refractivity contribution in [2.24, 2.45) is 0 Å². The fourth-order valence-corrected chi connectivity index (χ4v) is 2.02. The molecule has 3 rings (SSSR count). The monoisotopic (exact) mass is 313 g/mol. The highest BCUT2D eigenvalue weighted by atomic mass is 16.5. The number of nitrogens with one attached hydrogen (secondary N) is 2. The van der Waals surface area contributed by atoms with Gasteiger partial charge in [-0.1, -0.05) is 0 Å². The number of ether oxygens (including phenoxy) is 1. The minimum absolute atomic E-state index is 0.102. The summed E-state index contributed by atoms with van der Waals surface area (Å²) in [5.41, 5.74) is 1.69. The van der Waals surface area contributed by atoms with Crippen LogP contribution >= 0.6 is 0 Å². The van der Waals surface area contributed by atoms with Crippen molar-refractivity contribution < 1.29 is 13.9 Å². The molecule has 118 valence electrons. The van der Waals surface area contributed by atoms with Crippen molar-refractivity contribution in [2.45, 2.75) is 13.8 Å². The second kappa shape index (κ2) is 5.91. The van der Waals surface area contributed by atoms with Gasteiger partial charge in [0.15, 0.2) is 17.4 Å². The smallest absolute Gasteiger partial charge is 0.373 e. The van der Waals surface area contributed by atoms with Gasteiger partial charge in [-0.2, -0.15) is 5.10 Å². The average molecular weight is 313 g/mol. The van der Waals surface area contributed by atoms with Crippen molar-refractivity contribution in [2.75, 3.05) is 12.4 Å². The average Bonchev–Trinajstić information content (AvgIpc) is 3.15. The standard InChI is InChI=1S/C15H15N5O3/c1-8-6-12(17-13-7-9(2)19-20-13)18-14(16-8)10-4-5-11(23-10)15(21)22-3/h4-7H,1-3H3,(H2,16,17,18,19,20). The number of aromatic nitrogens is 4. The van der Waals surface area contributed by atoms with Crippen molar-refractivity contribution in [3.63, 3.8) is 0 Å². The van der Waals surface area contributed by atoms with E-state index in [-0.39, 0.29) is 5.76 Å². The first kappa shape index (κ1) is 14.8. The van der Waals surface area contributed by atoms with Crippen LogP contribution in [0, 0.1) is 13.8 Å². The molecule has 0 aliphatic rings. The van der Waals surface area contributed by atoms with Crippen LogP contribution in [0.25, 0.3) is 11.6 Å². The van der Waals surface area contributed by atoms with Crippen LogP contribution in [0.3, 0.4) is 0 Å². The number of H-pyrrole nitrogens is 1. The zero-order valence-electron chi connectivity index (χ0n) is 12.9. The van der Waals surface area contributed by atoms with E-state index in [1.54, 1.807) is 12.1 Å². The Morgan fingerprint density at radius 3 is 2.74 bits per heavy atom. The van der Waals surface area contributed by atoms with Crippen LogP contribution < -0.4 is 5.32 Å². The summed E-state index contributed by atoms with van der Waals surface area (Å²) in [5, 5.41) is 10.0. The number of hydrogen-bond acceptors (Lipinski definition) is 7. The second-order valence-electron chi connectivity index (χ2n) is 4.93. The zero-order chi connectivity index (χ0) is 16.4. The Hall–Kier alpha value is -3.16. The van der Waals surface area contributed by atoms with E-state index in [1.165, 1.54) is 13.2 Å². The molecule has 0 fully saturated rings. The molecule has 3 heterocycles. The second-order valence-corrected chi connectivity index (χ2v) is 4.93. The topological polar surface area (TPSA) is 106 Å². The Bertz CT molecular complexity index is 852. The van der Waals surface area contributed by atoms with E-state index in [9.17, 15) is 4.79 Å². The van der Waals surface area contributed by atoms with Crippen LogP contribution in [0.4, 0.5) is 11.6 Å². The number of carbonyl (C=O) groups is 1. The lowest BCUT2D eigenvalue weighted by atomic mass is 10.3. The summed E-state index contributed by atoms with van der Waals surface area (Å²) < 4.78 is 10.1. The van der Waals surface area contributed by atoms with Gasteiger partial charge >= 0.3 is 5.97 Å². The summed E-state index contributed by atoms with van der Waals surface area (Å²) in [6, 6.07) is 6.80. The van der Waals surface area contributed by atoms with E-state index in [0.29, 0.717) is 23.2 Å². The molecule has 0 unspecified atom stereocenters. The molecule has 0 saturated heterocycles. The lowest BCUT2D eigenvalue weighted by Crippen LogP contribution is -2.00. The highest BCUT2D eigenvalue weighted by molar-refractivity contribution is 5.86. The summed E-state index contributed by atoms with van der Waals surface area (Å²) in [5.74, 6) is 1.54. The number of carbonyl (C=O) groups excluding carboxylic acids is 1. The van der Waals surface area contributed by atoms with Gasteiger partial charge < -0.3 is 14.5 Å². The molecule has 0 atom stereocenters. The van der Waals surface area contributed by atoms with E-state index < -0.39 is 5.97 Å². The Labute approximate surface area is 131 Å². The third-order valence-corrected chi connectivity index (χ3v) is 3.03. The molecule has 2 N–H and O–H groups in total. The highest BCUT2D eigenvalue weighted by Crippen LogP contribution is 2.22. The van der Waals surface area contributed by atoms with Gasteiger partial charge in [0, 0.05) is 23.5 Å². The number of methoxy groups -OCH3 is 1. The molecule has 0 spiro atoms. The fourth-order valence-electron chi connectivity index (χ4n) is 2.02. The summed E-state index contributed by atoms with van der Waals surface area (Å²) in [7, 11) is 1.29. The van der Waals surface area contributed by atoms with Crippen molar-refractivity contribution in [1.29, 1.82) is 0 Å². The minimum atomic E-state index is -0.547. The maximum Gasteiger partial charge on any atom is 0.373 e. The fraction of sp³-hybridized carbons (Fsp3) is 0.200. The lowest BCUT2D eigenvalue weighted by molar-refractivity contribution is 0.0566. The molecular formula is C15H15N5O3. The largest absolute Gasteiger partial charge is 0.463 e. The summed E-state index contributed by atoms with van der Waals surface area (Å²) in [6.07, 6.45) is 0. The van der Waals surface area contributed by atoms with Crippen LogP contribution in [0.15, 0.2) is 28.7 Å². The molecule has 0 saturated carbocycles. The molecule has 0 aromatic carbocycles. The van der Waals surface area contributed by atoms with E-state index in [2.05, 4.69) is 30.2 Å². The quantitative estimate of drug-likeness (QED) is 0.713. The van der Waals surface area contributed by atoms with Gasteiger partial charge in [-0.3, -0.25) is 5.10 Å². The first-order valence-corrected chi connectivity index (χ1v) is 6.88. The summed E-state index contributed by atoms with van der Waals surface area (Å²) in [4.78, 5) is 20.2. The lowest BCUT2D eigenvalue weighted by Gasteiger charge is -2.05. The first-order chi connectivity index (χ1) is 11.0. The van der Waals surface area contributed by atoms with Crippen molar-refractivity contribution >= 4 is 17.6 Å². The number of anilines is 2. The summed E-state index contributed by atoms with van der Waals surface area (Å²) >= 11 is 0. The zero-order valence-corrected chi connectivity index (χ0v) is 12.9. The first-order valence-electron chi connectivity index (χ1n) is 6.88. The van der Waals surface area contributed by atoms with Crippen molar-refractivity contribution in [1.82, 2.24) is 20.2 Å². The number of esters is 1. The Balaban J connectivity index is 1.91. The van der Waals surface area contributed by atoms with Gasteiger partial charge in [0.05, 0.1) is 7.11 Å². The molecule has 0 amide bonds. The van der Waals surface area contributed by atoms with Crippen LogP contribution in [-0.4, -0.2) is 33.2 Å². The predicted molar refractivity (Wildman–Crippen MR) is 82.4 cm³/mol. The van der Waals surface area contributed by atoms with Gasteiger partial charge in [-0.15, -0.1) is 0 Å². The molecule has 0 radical (unpaired) electrons. The Kier molecular flexibility index (Phi) is 3.80. The normalized spacial score (nSPS) is 10.6. The van der Waals surface area contributed by atoms with Crippen LogP contribution in [-0.2, 0) is 4.74 Å². The molecule has 8 heteroatoms. The minimum Gasteiger partial charge on any atom is -0.463 e. The molecule has 3 aromatic rings.